The highest BCUT2D eigenvalue weighted by Gasteiger charge is 2.12. The van der Waals surface area contributed by atoms with Gasteiger partial charge in [0, 0.05) is 11.0 Å². The first kappa shape index (κ1) is 13.8. The Kier molecular flexibility index (Phi) is 6.20. The Hall–Kier alpha value is -0.230. The Balaban J connectivity index is 2.56. The number of hydrogen-bond donors (Lipinski definition) is 2. The van der Waals surface area contributed by atoms with E-state index in [1.54, 1.807) is 6.07 Å². The van der Waals surface area contributed by atoms with Crippen LogP contribution in [0.1, 0.15) is 6.92 Å². The summed E-state index contributed by atoms with van der Waals surface area (Å²) >= 11 is 3.35. The van der Waals surface area contributed by atoms with E-state index in [-0.39, 0.29) is 5.75 Å². The largest absolute Gasteiger partial charge is 0.391 e. The quantitative estimate of drug-likeness (QED) is 0.838. The Morgan fingerprint density at radius 3 is 2.81 bits per heavy atom. The molecule has 0 aliphatic rings. The molecule has 5 heteroatoms. The molecular weight excluding hydrogens is 290 g/mol. The highest BCUT2D eigenvalue weighted by Crippen LogP contribution is 2.19. The van der Waals surface area contributed by atoms with Gasteiger partial charge in [0.15, 0.2) is 0 Å². The molecule has 0 spiro atoms. The van der Waals surface area contributed by atoms with Crippen molar-refractivity contribution in [1.82, 2.24) is 5.32 Å². The highest BCUT2D eigenvalue weighted by atomic mass is 79.9. The fourth-order valence-corrected chi connectivity index (χ4v) is 3.25. The van der Waals surface area contributed by atoms with Crippen molar-refractivity contribution in [1.29, 1.82) is 0 Å². The summed E-state index contributed by atoms with van der Waals surface area (Å²) in [5, 5.41) is 12.7. The molecule has 0 aromatic heterocycles. The molecule has 0 aliphatic heterocycles. The van der Waals surface area contributed by atoms with Gasteiger partial charge in [0.25, 0.3) is 0 Å². The molecule has 2 unspecified atom stereocenters. The minimum atomic E-state index is -1.17. The van der Waals surface area contributed by atoms with E-state index in [0.29, 0.717) is 6.54 Å². The van der Waals surface area contributed by atoms with E-state index in [0.717, 1.165) is 15.9 Å². The van der Waals surface area contributed by atoms with Crippen molar-refractivity contribution in [2.24, 2.45) is 0 Å². The molecule has 0 saturated carbocycles. The van der Waals surface area contributed by atoms with Crippen molar-refractivity contribution in [2.75, 3.05) is 18.8 Å². The molecule has 0 radical (unpaired) electrons. The van der Waals surface area contributed by atoms with Crippen LogP contribution in [0.15, 0.2) is 33.6 Å². The van der Waals surface area contributed by atoms with Crippen molar-refractivity contribution < 1.29 is 9.32 Å². The molecule has 2 N–H and O–H groups in total. The smallest absolute Gasteiger partial charge is 0.0783 e. The third kappa shape index (κ3) is 4.33. The number of aliphatic hydroxyl groups excluding tert-OH is 1. The van der Waals surface area contributed by atoms with E-state index in [1.165, 1.54) is 0 Å². The Morgan fingerprint density at radius 2 is 2.19 bits per heavy atom. The molecule has 16 heavy (non-hydrogen) atoms. The molecule has 1 rings (SSSR count). The van der Waals surface area contributed by atoms with E-state index in [2.05, 4.69) is 21.2 Å². The average Bonchev–Trinajstić information content (AvgIpc) is 2.26. The Labute approximate surface area is 107 Å². The molecule has 0 aliphatic carbocycles. The van der Waals surface area contributed by atoms with Gasteiger partial charge in [0.2, 0.25) is 0 Å². The fourth-order valence-electron chi connectivity index (χ4n) is 1.26. The van der Waals surface area contributed by atoms with Gasteiger partial charge in [0.05, 0.1) is 27.6 Å². The van der Waals surface area contributed by atoms with Crippen LogP contribution in [-0.2, 0) is 10.8 Å². The predicted molar refractivity (Wildman–Crippen MR) is 70.0 cm³/mol. The second-order valence-electron chi connectivity index (χ2n) is 3.40. The number of nitrogens with one attached hydrogen (secondary N) is 1. The third-order valence-corrected chi connectivity index (χ3v) is 4.54. The molecule has 0 heterocycles. The first-order valence-corrected chi connectivity index (χ1v) is 7.28. The van der Waals surface area contributed by atoms with Gasteiger partial charge in [-0.2, -0.15) is 0 Å². The fraction of sp³-hybridized carbons (Fsp3) is 0.455. The van der Waals surface area contributed by atoms with Crippen molar-refractivity contribution in [3.63, 3.8) is 0 Å². The van der Waals surface area contributed by atoms with Gasteiger partial charge in [-0.1, -0.05) is 19.1 Å². The van der Waals surface area contributed by atoms with Crippen LogP contribution >= 0.6 is 15.9 Å². The number of benzene rings is 1. The van der Waals surface area contributed by atoms with Crippen molar-refractivity contribution >= 4 is 26.7 Å². The first-order valence-electron chi connectivity index (χ1n) is 5.16. The lowest BCUT2D eigenvalue weighted by Crippen LogP contribution is -2.30. The molecule has 0 fully saturated rings. The minimum Gasteiger partial charge on any atom is -0.391 e. The molecule has 90 valence electrons. The van der Waals surface area contributed by atoms with Gasteiger partial charge >= 0.3 is 0 Å². The summed E-state index contributed by atoms with van der Waals surface area (Å²) in [6.07, 6.45) is -0.576. The summed E-state index contributed by atoms with van der Waals surface area (Å²) in [6, 6.07) is 7.37. The van der Waals surface area contributed by atoms with Gasteiger partial charge in [0.1, 0.15) is 0 Å². The number of aliphatic hydroxyl groups is 1. The highest BCUT2D eigenvalue weighted by molar-refractivity contribution is 9.10. The van der Waals surface area contributed by atoms with Gasteiger partial charge in [-0.05, 0) is 34.6 Å². The molecule has 1 aromatic rings. The van der Waals surface area contributed by atoms with Gasteiger partial charge < -0.3 is 10.4 Å². The summed E-state index contributed by atoms with van der Waals surface area (Å²) < 4.78 is 12.8. The maximum absolute atomic E-state index is 11.9. The lowest BCUT2D eigenvalue weighted by atomic mass is 10.4. The summed E-state index contributed by atoms with van der Waals surface area (Å²) in [5.41, 5.74) is 0. The zero-order valence-corrected chi connectivity index (χ0v) is 11.6. The predicted octanol–water partition coefficient (Wildman–Crippen LogP) is 1.53. The summed E-state index contributed by atoms with van der Waals surface area (Å²) in [5.74, 6) is 0.260. The van der Waals surface area contributed by atoms with Crippen molar-refractivity contribution in [2.45, 2.75) is 17.9 Å². The number of rotatable bonds is 6. The first-order chi connectivity index (χ1) is 7.65. The van der Waals surface area contributed by atoms with Gasteiger partial charge in [-0.25, -0.2) is 0 Å². The average molecular weight is 306 g/mol. The summed E-state index contributed by atoms with van der Waals surface area (Å²) in [4.78, 5) is 0.734. The molecule has 3 nitrogen and oxygen atoms in total. The van der Waals surface area contributed by atoms with E-state index < -0.39 is 16.9 Å². The van der Waals surface area contributed by atoms with Crippen LogP contribution < -0.4 is 5.32 Å². The van der Waals surface area contributed by atoms with E-state index in [1.807, 2.05) is 25.1 Å². The number of halogens is 1. The SMILES string of the molecule is CCNCC(O)CS(=O)c1ccccc1Br. The Morgan fingerprint density at radius 1 is 1.50 bits per heavy atom. The zero-order valence-electron chi connectivity index (χ0n) is 9.15. The summed E-state index contributed by atoms with van der Waals surface area (Å²) in [7, 11) is -1.17. The molecule has 1 aromatic carbocycles. The Bertz CT molecular complexity index is 360. The topological polar surface area (TPSA) is 49.3 Å². The van der Waals surface area contributed by atoms with Crippen LogP contribution in [-0.4, -0.2) is 34.3 Å². The molecule has 0 amide bonds. The molecular formula is C11H16BrNO2S. The van der Waals surface area contributed by atoms with Crippen LogP contribution in [0.5, 0.6) is 0 Å². The van der Waals surface area contributed by atoms with Crippen LogP contribution in [0.25, 0.3) is 0 Å². The van der Waals surface area contributed by atoms with Crippen LogP contribution in [0.4, 0.5) is 0 Å². The van der Waals surface area contributed by atoms with Crippen LogP contribution in [0.2, 0.25) is 0 Å². The molecule has 0 saturated heterocycles. The van der Waals surface area contributed by atoms with Gasteiger partial charge in [-0.15, -0.1) is 0 Å². The molecule has 0 bridgehead atoms. The summed E-state index contributed by atoms with van der Waals surface area (Å²) in [6.45, 7) is 3.25. The monoisotopic (exact) mass is 305 g/mol. The minimum absolute atomic E-state index is 0.260. The van der Waals surface area contributed by atoms with Crippen LogP contribution in [0, 0.1) is 0 Å². The second kappa shape index (κ2) is 7.17. The van der Waals surface area contributed by atoms with E-state index in [4.69, 9.17) is 0 Å². The van der Waals surface area contributed by atoms with E-state index in [9.17, 15) is 9.32 Å². The molecule has 2 atom stereocenters. The third-order valence-electron chi connectivity index (χ3n) is 2.06. The van der Waals surface area contributed by atoms with Gasteiger partial charge in [-0.3, -0.25) is 4.21 Å². The van der Waals surface area contributed by atoms with Crippen LogP contribution in [0.3, 0.4) is 0 Å². The second-order valence-corrected chi connectivity index (χ2v) is 5.72. The standard InChI is InChI=1S/C11H16BrNO2S/c1-2-13-7-9(14)8-16(15)11-6-4-3-5-10(11)12/h3-6,9,13-14H,2,7-8H2,1H3. The maximum Gasteiger partial charge on any atom is 0.0783 e. The lowest BCUT2D eigenvalue weighted by molar-refractivity contribution is 0.195. The lowest BCUT2D eigenvalue weighted by Gasteiger charge is -2.11. The van der Waals surface area contributed by atoms with Crippen molar-refractivity contribution in [3.05, 3.63) is 28.7 Å². The number of hydrogen-bond acceptors (Lipinski definition) is 3. The number of likely N-dealkylation sites (N-methyl/N-ethyl adjacent to an activating group) is 1. The zero-order chi connectivity index (χ0) is 12.0. The van der Waals surface area contributed by atoms with Crippen molar-refractivity contribution in [3.8, 4) is 0 Å². The van der Waals surface area contributed by atoms with E-state index >= 15 is 0 Å². The normalized spacial score (nSPS) is 14.7. The maximum atomic E-state index is 11.9.